The molecule has 0 aromatic heterocycles. The first kappa shape index (κ1) is 16.0. The average molecular weight is 317 g/mol. The number of rotatable bonds is 5. The van der Waals surface area contributed by atoms with Crippen molar-refractivity contribution in [2.45, 2.75) is 20.0 Å². The fourth-order valence-corrected chi connectivity index (χ4v) is 1.90. The Morgan fingerprint density at radius 3 is 2.59 bits per heavy atom. The Bertz CT molecular complexity index is 669. The summed E-state index contributed by atoms with van der Waals surface area (Å²) in [6, 6.07) is 14.7. The van der Waals surface area contributed by atoms with Gasteiger partial charge in [0.05, 0.1) is 6.21 Å². The monoisotopic (exact) mass is 316 g/mol. The van der Waals surface area contributed by atoms with Gasteiger partial charge in [0.1, 0.15) is 5.75 Å². The van der Waals surface area contributed by atoms with E-state index in [-0.39, 0.29) is 5.91 Å². The topological polar surface area (TPSA) is 50.7 Å². The van der Waals surface area contributed by atoms with E-state index in [0.29, 0.717) is 10.8 Å². The van der Waals surface area contributed by atoms with Crippen molar-refractivity contribution in [1.82, 2.24) is 5.43 Å². The summed E-state index contributed by atoms with van der Waals surface area (Å²) < 4.78 is 5.55. The van der Waals surface area contributed by atoms with Gasteiger partial charge in [0.25, 0.3) is 5.91 Å². The largest absolute Gasteiger partial charge is 0.481 e. The third kappa shape index (κ3) is 4.60. The third-order valence-electron chi connectivity index (χ3n) is 2.99. The number of carbonyl (C=O) groups excluding carboxylic acids is 1. The minimum absolute atomic E-state index is 0.330. The van der Waals surface area contributed by atoms with Gasteiger partial charge in [-0.1, -0.05) is 47.5 Å². The van der Waals surface area contributed by atoms with E-state index in [9.17, 15) is 4.79 Å². The molecule has 2 aromatic carbocycles. The molecule has 1 amide bonds. The minimum Gasteiger partial charge on any atom is -0.481 e. The first-order chi connectivity index (χ1) is 10.6. The number of nitrogens with one attached hydrogen (secondary N) is 1. The Kier molecular flexibility index (Phi) is 5.55. The molecule has 0 fully saturated rings. The molecule has 0 heterocycles. The molecule has 0 bridgehead atoms. The lowest BCUT2D eigenvalue weighted by molar-refractivity contribution is -0.127. The molecule has 0 aliphatic carbocycles. The van der Waals surface area contributed by atoms with Crippen LogP contribution in [0.3, 0.4) is 0 Å². The molecule has 2 aromatic rings. The standard InChI is InChI=1S/C17H17ClN2O2/c1-12-7-9-15(10-8-12)22-13(2)17(21)20-19-11-14-5-3-4-6-16(14)18/h3-11,13H,1-2H3,(H,20,21)/b19-11-/t13-/m1/s1. The smallest absolute Gasteiger partial charge is 0.280 e. The first-order valence-corrected chi connectivity index (χ1v) is 7.25. The molecule has 0 saturated carbocycles. The van der Waals surface area contributed by atoms with Gasteiger partial charge in [0, 0.05) is 10.6 Å². The van der Waals surface area contributed by atoms with Gasteiger partial charge < -0.3 is 4.74 Å². The van der Waals surface area contributed by atoms with Gasteiger partial charge in [0.2, 0.25) is 0 Å². The highest BCUT2D eigenvalue weighted by molar-refractivity contribution is 6.33. The van der Waals surface area contributed by atoms with E-state index in [2.05, 4.69) is 10.5 Å². The van der Waals surface area contributed by atoms with Crippen LogP contribution in [-0.2, 0) is 4.79 Å². The number of carbonyl (C=O) groups is 1. The number of hydrogen-bond acceptors (Lipinski definition) is 3. The van der Waals surface area contributed by atoms with Crippen molar-refractivity contribution in [2.24, 2.45) is 5.10 Å². The van der Waals surface area contributed by atoms with Gasteiger partial charge in [-0.3, -0.25) is 4.79 Å². The van der Waals surface area contributed by atoms with Gasteiger partial charge in [-0.05, 0) is 32.0 Å². The molecule has 114 valence electrons. The molecule has 0 unspecified atom stereocenters. The summed E-state index contributed by atoms with van der Waals surface area (Å²) in [6.07, 6.45) is 0.852. The van der Waals surface area contributed by atoms with Crippen molar-refractivity contribution in [1.29, 1.82) is 0 Å². The quantitative estimate of drug-likeness (QED) is 0.677. The number of amides is 1. The summed E-state index contributed by atoms with van der Waals surface area (Å²) in [6.45, 7) is 3.66. The fourth-order valence-electron chi connectivity index (χ4n) is 1.71. The maximum absolute atomic E-state index is 11.9. The molecule has 0 radical (unpaired) electrons. The van der Waals surface area contributed by atoms with Crippen molar-refractivity contribution in [3.63, 3.8) is 0 Å². The molecule has 22 heavy (non-hydrogen) atoms. The van der Waals surface area contributed by atoms with Crippen molar-refractivity contribution in [3.05, 3.63) is 64.7 Å². The van der Waals surface area contributed by atoms with E-state index in [1.807, 2.05) is 49.4 Å². The second kappa shape index (κ2) is 7.61. The van der Waals surface area contributed by atoms with Crippen LogP contribution < -0.4 is 10.2 Å². The van der Waals surface area contributed by atoms with Crippen molar-refractivity contribution < 1.29 is 9.53 Å². The summed E-state index contributed by atoms with van der Waals surface area (Å²) in [5.41, 5.74) is 4.30. The zero-order valence-electron chi connectivity index (χ0n) is 12.4. The maximum Gasteiger partial charge on any atom is 0.280 e. The number of ether oxygens (including phenoxy) is 1. The van der Waals surface area contributed by atoms with E-state index < -0.39 is 6.10 Å². The van der Waals surface area contributed by atoms with Crippen LogP contribution in [0.4, 0.5) is 0 Å². The molecule has 1 N–H and O–H groups in total. The summed E-state index contributed by atoms with van der Waals surface area (Å²) in [7, 11) is 0. The fraction of sp³-hybridized carbons (Fsp3) is 0.176. The Morgan fingerprint density at radius 2 is 1.91 bits per heavy atom. The Morgan fingerprint density at radius 1 is 1.23 bits per heavy atom. The van der Waals surface area contributed by atoms with Crippen LogP contribution >= 0.6 is 11.6 Å². The number of hydrazone groups is 1. The Balaban J connectivity index is 1.89. The van der Waals surface area contributed by atoms with Gasteiger partial charge in [-0.2, -0.15) is 5.10 Å². The molecule has 0 spiro atoms. The molecular formula is C17H17ClN2O2. The molecule has 2 rings (SSSR count). The van der Waals surface area contributed by atoms with Crippen LogP contribution in [0.25, 0.3) is 0 Å². The summed E-state index contributed by atoms with van der Waals surface area (Å²) in [5.74, 6) is 0.312. The van der Waals surface area contributed by atoms with E-state index in [0.717, 1.165) is 11.1 Å². The van der Waals surface area contributed by atoms with Crippen LogP contribution in [0.15, 0.2) is 53.6 Å². The first-order valence-electron chi connectivity index (χ1n) is 6.87. The van der Waals surface area contributed by atoms with Crippen LogP contribution in [0.5, 0.6) is 5.75 Å². The van der Waals surface area contributed by atoms with Gasteiger partial charge in [-0.25, -0.2) is 5.43 Å². The van der Waals surface area contributed by atoms with E-state index >= 15 is 0 Å². The summed E-state index contributed by atoms with van der Waals surface area (Å²) in [5, 5.41) is 4.46. The minimum atomic E-state index is -0.647. The lowest BCUT2D eigenvalue weighted by atomic mass is 10.2. The molecule has 0 saturated heterocycles. The number of aryl methyl sites for hydroxylation is 1. The lowest BCUT2D eigenvalue weighted by Crippen LogP contribution is -2.33. The molecular weight excluding hydrogens is 300 g/mol. The number of nitrogens with zero attached hydrogens (tertiary/aromatic N) is 1. The summed E-state index contributed by atoms with van der Waals surface area (Å²) in [4.78, 5) is 11.9. The van der Waals surface area contributed by atoms with Crippen molar-refractivity contribution in [2.75, 3.05) is 0 Å². The van der Waals surface area contributed by atoms with Gasteiger partial charge in [-0.15, -0.1) is 0 Å². The Labute approximate surface area is 134 Å². The van der Waals surface area contributed by atoms with E-state index in [1.165, 1.54) is 6.21 Å². The molecule has 1 atom stereocenters. The summed E-state index contributed by atoms with van der Waals surface area (Å²) >= 11 is 5.99. The van der Waals surface area contributed by atoms with Crippen LogP contribution in [-0.4, -0.2) is 18.2 Å². The molecule has 0 aliphatic rings. The zero-order chi connectivity index (χ0) is 15.9. The van der Waals surface area contributed by atoms with Gasteiger partial charge in [0.15, 0.2) is 6.10 Å². The average Bonchev–Trinajstić information content (AvgIpc) is 2.51. The predicted octanol–water partition coefficient (Wildman–Crippen LogP) is 3.57. The van der Waals surface area contributed by atoms with Gasteiger partial charge >= 0.3 is 0 Å². The normalized spacial score (nSPS) is 12.1. The van der Waals surface area contributed by atoms with Crippen LogP contribution in [0.1, 0.15) is 18.1 Å². The van der Waals surface area contributed by atoms with E-state index in [1.54, 1.807) is 13.0 Å². The second-order valence-corrected chi connectivity index (χ2v) is 5.24. The Hall–Kier alpha value is -2.33. The highest BCUT2D eigenvalue weighted by Gasteiger charge is 2.13. The van der Waals surface area contributed by atoms with E-state index in [4.69, 9.17) is 16.3 Å². The molecule has 4 nitrogen and oxygen atoms in total. The SMILES string of the molecule is Cc1ccc(O[C@H](C)C(=O)N/N=C\c2ccccc2Cl)cc1. The highest BCUT2D eigenvalue weighted by Crippen LogP contribution is 2.14. The van der Waals surface area contributed by atoms with Crippen LogP contribution in [0.2, 0.25) is 5.02 Å². The van der Waals surface area contributed by atoms with Crippen molar-refractivity contribution >= 4 is 23.7 Å². The maximum atomic E-state index is 11.9. The highest BCUT2D eigenvalue weighted by atomic mass is 35.5. The van der Waals surface area contributed by atoms with Crippen LogP contribution in [0, 0.1) is 6.92 Å². The lowest BCUT2D eigenvalue weighted by Gasteiger charge is -2.12. The number of hydrogen-bond donors (Lipinski definition) is 1. The number of halogens is 1. The number of benzene rings is 2. The third-order valence-corrected chi connectivity index (χ3v) is 3.33. The zero-order valence-corrected chi connectivity index (χ0v) is 13.2. The second-order valence-electron chi connectivity index (χ2n) is 4.83. The van der Waals surface area contributed by atoms with Crippen molar-refractivity contribution in [3.8, 4) is 5.75 Å². The molecule has 5 heteroatoms. The predicted molar refractivity (Wildman–Crippen MR) is 88.5 cm³/mol. The molecule has 0 aliphatic heterocycles.